The van der Waals surface area contributed by atoms with Crippen LogP contribution in [0.4, 0.5) is 5.69 Å². The molecule has 3 N–H and O–H groups in total. The number of nitrogens with zero attached hydrogens (tertiary/aromatic N) is 1. The van der Waals surface area contributed by atoms with Gasteiger partial charge in [0.1, 0.15) is 4.90 Å². The summed E-state index contributed by atoms with van der Waals surface area (Å²) in [7, 11) is -1.08. The van der Waals surface area contributed by atoms with Crippen molar-refractivity contribution in [2.75, 3.05) is 39.6 Å². The Labute approximate surface area is 129 Å². The van der Waals surface area contributed by atoms with Gasteiger partial charge < -0.3 is 15.8 Å². The molecule has 0 heterocycles. The molecule has 0 aliphatic carbocycles. The fourth-order valence-electron chi connectivity index (χ4n) is 1.54. The first kappa shape index (κ1) is 17.7. The molecule has 0 bridgehead atoms. The van der Waals surface area contributed by atoms with E-state index in [0.29, 0.717) is 13.2 Å². The molecule has 0 saturated carbocycles. The number of sulfonamides is 1. The van der Waals surface area contributed by atoms with Crippen LogP contribution in [0.2, 0.25) is 5.02 Å². The first-order valence-electron chi connectivity index (χ1n) is 6.06. The summed E-state index contributed by atoms with van der Waals surface area (Å²) in [5.74, 6) is -0.432. The largest absolute Gasteiger partial charge is 0.398 e. The van der Waals surface area contributed by atoms with Crippen LogP contribution >= 0.6 is 11.6 Å². The van der Waals surface area contributed by atoms with Gasteiger partial charge in [-0.05, 0) is 18.2 Å². The topological polar surface area (TPSA) is 102 Å². The number of likely N-dealkylation sites (N-methyl/N-ethyl adjacent to an activating group) is 1. The SMILES string of the molecule is COCCNC(=O)CN(C)S(=O)(=O)c1cc(Cl)ccc1N. The number of rotatable bonds is 7. The van der Waals surface area contributed by atoms with Crippen LogP contribution in [0.3, 0.4) is 0 Å². The average Bonchev–Trinajstić information content (AvgIpc) is 2.41. The van der Waals surface area contributed by atoms with Crippen molar-refractivity contribution in [1.82, 2.24) is 9.62 Å². The molecule has 1 aromatic rings. The summed E-state index contributed by atoms with van der Waals surface area (Å²) in [5.41, 5.74) is 5.74. The van der Waals surface area contributed by atoms with E-state index in [0.717, 1.165) is 4.31 Å². The normalized spacial score (nSPS) is 11.6. The number of nitrogen functional groups attached to an aromatic ring is 1. The Morgan fingerprint density at radius 1 is 1.48 bits per heavy atom. The number of nitrogens with one attached hydrogen (secondary N) is 1. The standard InChI is InChI=1S/C12H18ClN3O4S/c1-16(8-12(17)15-5-6-20-2)21(18,19)11-7-9(13)3-4-10(11)14/h3-4,7H,5-6,8,14H2,1-2H3,(H,15,17). The van der Waals surface area contributed by atoms with E-state index in [4.69, 9.17) is 22.1 Å². The van der Waals surface area contributed by atoms with Gasteiger partial charge >= 0.3 is 0 Å². The molecule has 1 amide bonds. The van der Waals surface area contributed by atoms with E-state index >= 15 is 0 Å². The van der Waals surface area contributed by atoms with E-state index in [1.54, 1.807) is 0 Å². The third-order valence-electron chi connectivity index (χ3n) is 2.66. The maximum atomic E-state index is 12.4. The second kappa shape index (κ2) is 7.60. The minimum absolute atomic E-state index is 0.0750. The maximum absolute atomic E-state index is 12.4. The van der Waals surface area contributed by atoms with E-state index in [9.17, 15) is 13.2 Å². The molecular formula is C12H18ClN3O4S. The predicted octanol–water partition coefficient (Wildman–Crippen LogP) is 0.305. The van der Waals surface area contributed by atoms with Crippen molar-refractivity contribution in [3.63, 3.8) is 0 Å². The zero-order valence-electron chi connectivity index (χ0n) is 11.8. The highest BCUT2D eigenvalue weighted by Gasteiger charge is 2.25. The molecule has 1 rings (SSSR count). The van der Waals surface area contributed by atoms with Gasteiger partial charge in [-0.1, -0.05) is 11.6 Å². The first-order valence-corrected chi connectivity index (χ1v) is 7.88. The van der Waals surface area contributed by atoms with Crippen molar-refractivity contribution < 1.29 is 17.9 Å². The fourth-order valence-corrected chi connectivity index (χ4v) is 3.04. The van der Waals surface area contributed by atoms with Crippen molar-refractivity contribution >= 4 is 33.2 Å². The third kappa shape index (κ3) is 4.85. The van der Waals surface area contributed by atoms with Crippen molar-refractivity contribution in [1.29, 1.82) is 0 Å². The summed E-state index contributed by atoms with van der Waals surface area (Å²) >= 11 is 5.79. The van der Waals surface area contributed by atoms with Gasteiger partial charge in [-0.15, -0.1) is 0 Å². The molecule has 0 aromatic heterocycles. The monoisotopic (exact) mass is 335 g/mol. The van der Waals surface area contributed by atoms with Gasteiger partial charge in [-0.3, -0.25) is 4.79 Å². The Hall–Kier alpha value is -1.35. The second-order valence-electron chi connectivity index (χ2n) is 4.29. The summed E-state index contributed by atoms with van der Waals surface area (Å²) in [6.07, 6.45) is 0. The van der Waals surface area contributed by atoms with Gasteiger partial charge in [0.2, 0.25) is 15.9 Å². The maximum Gasteiger partial charge on any atom is 0.245 e. The summed E-state index contributed by atoms with van der Waals surface area (Å²) in [5, 5.41) is 2.79. The van der Waals surface area contributed by atoms with Crippen LogP contribution in [0.1, 0.15) is 0 Å². The van der Waals surface area contributed by atoms with Crippen LogP contribution in [-0.2, 0) is 19.6 Å². The van der Waals surface area contributed by atoms with Crippen LogP contribution in [0, 0.1) is 0 Å². The van der Waals surface area contributed by atoms with Crippen molar-refractivity contribution in [3.8, 4) is 0 Å². The molecule has 0 aliphatic rings. The lowest BCUT2D eigenvalue weighted by Gasteiger charge is -2.18. The molecule has 0 radical (unpaired) electrons. The van der Waals surface area contributed by atoms with Crippen LogP contribution in [0.15, 0.2) is 23.1 Å². The van der Waals surface area contributed by atoms with E-state index in [2.05, 4.69) is 5.32 Å². The zero-order valence-corrected chi connectivity index (χ0v) is 13.4. The minimum atomic E-state index is -3.89. The number of hydrogen-bond acceptors (Lipinski definition) is 5. The molecular weight excluding hydrogens is 318 g/mol. The molecule has 1 aromatic carbocycles. The van der Waals surface area contributed by atoms with E-state index in [-0.39, 0.29) is 22.2 Å². The molecule has 0 saturated heterocycles. The van der Waals surface area contributed by atoms with Gasteiger partial charge in [-0.25, -0.2) is 8.42 Å². The van der Waals surface area contributed by atoms with Crippen LogP contribution in [-0.4, -0.2) is 52.5 Å². The number of amides is 1. The predicted molar refractivity (Wildman–Crippen MR) is 80.6 cm³/mol. The molecule has 0 spiro atoms. The molecule has 118 valence electrons. The number of halogens is 1. The first-order chi connectivity index (χ1) is 9.78. The van der Waals surface area contributed by atoms with E-state index in [1.807, 2.05) is 0 Å². The molecule has 21 heavy (non-hydrogen) atoms. The summed E-state index contributed by atoms with van der Waals surface area (Å²) < 4.78 is 30.4. The molecule has 0 unspecified atom stereocenters. The van der Waals surface area contributed by atoms with Gasteiger partial charge in [0.05, 0.1) is 18.8 Å². The zero-order chi connectivity index (χ0) is 16.0. The number of anilines is 1. The van der Waals surface area contributed by atoms with Gasteiger partial charge in [0.25, 0.3) is 0 Å². The molecule has 0 fully saturated rings. The van der Waals surface area contributed by atoms with Gasteiger partial charge in [0, 0.05) is 25.7 Å². The smallest absolute Gasteiger partial charge is 0.245 e. The summed E-state index contributed by atoms with van der Waals surface area (Å²) in [6, 6.07) is 4.15. The number of hydrogen-bond donors (Lipinski definition) is 2. The highest BCUT2D eigenvalue weighted by atomic mass is 35.5. The second-order valence-corrected chi connectivity index (χ2v) is 6.74. The highest BCUT2D eigenvalue weighted by Crippen LogP contribution is 2.24. The third-order valence-corrected chi connectivity index (χ3v) is 4.75. The molecule has 0 aliphatic heterocycles. The van der Waals surface area contributed by atoms with E-state index < -0.39 is 15.9 Å². The highest BCUT2D eigenvalue weighted by molar-refractivity contribution is 7.89. The lowest BCUT2D eigenvalue weighted by Crippen LogP contribution is -2.39. The van der Waals surface area contributed by atoms with Gasteiger partial charge in [0.15, 0.2) is 0 Å². The number of ether oxygens (including phenoxy) is 1. The average molecular weight is 336 g/mol. The van der Waals surface area contributed by atoms with Crippen molar-refractivity contribution in [2.45, 2.75) is 4.90 Å². The Morgan fingerprint density at radius 3 is 2.76 bits per heavy atom. The Bertz CT molecular complexity index is 607. The Balaban J connectivity index is 2.82. The van der Waals surface area contributed by atoms with Crippen molar-refractivity contribution in [2.24, 2.45) is 0 Å². The van der Waals surface area contributed by atoms with Crippen LogP contribution in [0.5, 0.6) is 0 Å². The lowest BCUT2D eigenvalue weighted by molar-refractivity contribution is -0.121. The Kier molecular flexibility index (Phi) is 6.41. The lowest BCUT2D eigenvalue weighted by atomic mass is 10.3. The quantitative estimate of drug-likeness (QED) is 0.551. The number of benzene rings is 1. The summed E-state index contributed by atoms with van der Waals surface area (Å²) in [4.78, 5) is 11.5. The van der Waals surface area contributed by atoms with Crippen molar-refractivity contribution in [3.05, 3.63) is 23.2 Å². The van der Waals surface area contributed by atoms with E-state index in [1.165, 1.54) is 32.4 Å². The summed E-state index contributed by atoms with van der Waals surface area (Å²) in [6.45, 7) is 0.337. The van der Waals surface area contributed by atoms with Crippen LogP contribution < -0.4 is 11.1 Å². The Morgan fingerprint density at radius 2 is 2.14 bits per heavy atom. The van der Waals surface area contributed by atoms with Crippen LogP contribution in [0.25, 0.3) is 0 Å². The fraction of sp³-hybridized carbons (Fsp3) is 0.417. The molecule has 9 heteroatoms. The minimum Gasteiger partial charge on any atom is -0.398 e. The molecule has 7 nitrogen and oxygen atoms in total. The number of nitrogens with two attached hydrogens (primary N) is 1. The number of carbonyl (C=O) groups is 1. The number of carbonyl (C=O) groups excluding carboxylic acids is 1. The number of methoxy groups -OCH3 is 1. The molecule has 0 atom stereocenters. The van der Waals surface area contributed by atoms with Gasteiger partial charge in [-0.2, -0.15) is 4.31 Å².